The number of nitrogens with zero attached hydrogens (tertiary/aromatic N) is 5. The normalized spacial score (nSPS) is 24.4. The van der Waals surface area contributed by atoms with E-state index in [1.165, 1.54) is 6.42 Å². The standard InChI is InChI=1S/C21H27F2N7O2/c1-11-6-7-13(8-21(11,22)23)9-30-10-24-16-15(30)17(25-12(2)14-4-3-5-14)27-18(26-16)19-28-20(31)32-29-19/h10-14H,3-9H2,1-2H3,(H,25,26,27)(H,28,29,31)/t11?,12-,13?/m1/s1. The number of rotatable bonds is 6. The van der Waals surface area contributed by atoms with Crippen LogP contribution in [0.5, 0.6) is 0 Å². The third-order valence-corrected chi connectivity index (χ3v) is 7.09. The number of H-pyrrole nitrogens is 1. The highest BCUT2D eigenvalue weighted by molar-refractivity contribution is 5.85. The van der Waals surface area contributed by atoms with E-state index in [1.807, 2.05) is 4.57 Å². The molecule has 32 heavy (non-hydrogen) atoms. The molecule has 9 nitrogen and oxygen atoms in total. The number of anilines is 1. The maximum Gasteiger partial charge on any atom is 0.439 e. The van der Waals surface area contributed by atoms with Gasteiger partial charge in [-0.05, 0) is 44.4 Å². The Balaban J connectivity index is 1.50. The zero-order chi connectivity index (χ0) is 22.5. The number of halogens is 2. The highest BCUT2D eigenvalue weighted by Crippen LogP contribution is 2.42. The molecular weight excluding hydrogens is 420 g/mol. The van der Waals surface area contributed by atoms with Gasteiger partial charge in [-0.15, -0.1) is 0 Å². The third kappa shape index (κ3) is 3.88. The number of aromatic amines is 1. The van der Waals surface area contributed by atoms with Gasteiger partial charge >= 0.3 is 5.76 Å². The number of imidazole rings is 1. The van der Waals surface area contributed by atoms with Gasteiger partial charge in [-0.3, -0.25) is 9.51 Å². The Labute approximate surface area is 183 Å². The molecule has 0 bridgehead atoms. The van der Waals surface area contributed by atoms with Gasteiger partial charge in [-0.2, -0.15) is 0 Å². The average Bonchev–Trinajstić information content (AvgIpc) is 3.29. The van der Waals surface area contributed by atoms with Gasteiger partial charge in [0.25, 0.3) is 5.92 Å². The molecule has 3 aromatic rings. The van der Waals surface area contributed by atoms with Gasteiger partial charge < -0.3 is 9.88 Å². The van der Waals surface area contributed by atoms with E-state index in [1.54, 1.807) is 13.3 Å². The Kier molecular flexibility index (Phi) is 5.21. The number of nitrogens with one attached hydrogen (secondary N) is 2. The molecule has 3 aromatic heterocycles. The first kappa shape index (κ1) is 21.0. The molecule has 2 aliphatic carbocycles. The molecule has 2 saturated carbocycles. The minimum absolute atomic E-state index is 0.117. The summed E-state index contributed by atoms with van der Waals surface area (Å²) < 4.78 is 35.1. The van der Waals surface area contributed by atoms with Crippen LogP contribution >= 0.6 is 0 Å². The van der Waals surface area contributed by atoms with Crippen molar-refractivity contribution in [2.24, 2.45) is 17.8 Å². The highest BCUT2D eigenvalue weighted by atomic mass is 19.3. The largest absolute Gasteiger partial charge is 0.439 e. The second kappa shape index (κ2) is 7.93. The SMILES string of the molecule is CC1CCC(Cn2cnc3nc(-c4noc(=O)[nH]4)nc(N[C@H](C)C4CCC4)c32)CC1(F)F. The van der Waals surface area contributed by atoms with Crippen molar-refractivity contribution in [2.75, 3.05) is 5.32 Å². The Morgan fingerprint density at radius 2 is 2.12 bits per heavy atom. The summed E-state index contributed by atoms with van der Waals surface area (Å²) in [5, 5.41) is 7.17. The highest BCUT2D eigenvalue weighted by Gasteiger charge is 2.42. The van der Waals surface area contributed by atoms with Gasteiger partial charge in [0.1, 0.15) is 5.52 Å². The number of hydrogen-bond donors (Lipinski definition) is 2. The Hall–Kier alpha value is -2.85. The van der Waals surface area contributed by atoms with E-state index in [9.17, 15) is 13.6 Å². The Morgan fingerprint density at radius 3 is 2.78 bits per heavy atom. The van der Waals surface area contributed by atoms with Crippen molar-refractivity contribution in [1.82, 2.24) is 29.7 Å². The number of fused-ring (bicyclic) bond motifs is 1. The van der Waals surface area contributed by atoms with Gasteiger partial charge in [-0.1, -0.05) is 18.5 Å². The van der Waals surface area contributed by atoms with Gasteiger partial charge in [0.05, 0.1) is 6.33 Å². The second-order valence-corrected chi connectivity index (χ2v) is 9.34. The van der Waals surface area contributed by atoms with E-state index < -0.39 is 17.6 Å². The lowest BCUT2D eigenvalue weighted by Crippen LogP contribution is -2.35. The summed E-state index contributed by atoms with van der Waals surface area (Å²) >= 11 is 0. The molecule has 2 N–H and O–H groups in total. The Bertz CT molecular complexity index is 1170. The lowest BCUT2D eigenvalue weighted by Gasteiger charge is -2.34. The van der Waals surface area contributed by atoms with E-state index in [2.05, 4.69) is 41.9 Å². The van der Waals surface area contributed by atoms with Crippen molar-refractivity contribution >= 4 is 17.0 Å². The molecule has 3 heterocycles. The second-order valence-electron chi connectivity index (χ2n) is 9.34. The van der Waals surface area contributed by atoms with Gasteiger partial charge in [0.15, 0.2) is 11.5 Å². The first-order chi connectivity index (χ1) is 15.3. The monoisotopic (exact) mass is 447 g/mol. The quantitative estimate of drug-likeness (QED) is 0.590. The van der Waals surface area contributed by atoms with Crippen LogP contribution in [0.1, 0.15) is 52.4 Å². The van der Waals surface area contributed by atoms with Crippen molar-refractivity contribution in [3.8, 4) is 11.6 Å². The van der Waals surface area contributed by atoms with Crippen molar-refractivity contribution in [2.45, 2.75) is 70.9 Å². The zero-order valence-electron chi connectivity index (χ0n) is 18.1. The molecule has 0 spiro atoms. The summed E-state index contributed by atoms with van der Waals surface area (Å²) in [5.74, 6) is -2.68. The number of alkyl halides is 2. The maximum atomic E-state index is 14.3. The van der Waals surface area contributed by atoms with E-state index in [4.69, 9.17) is 0 Å². The van der Waals surface area contributed by atoms with E-state index in [-0.39, 0.29) is 30.0 Å². The lowest BCUT2D eigenvalue weighted by atomic mass is 9.80. The van der Waals surface area contributed by atoms with Crippen molar-refractivity contribution in [3.05, 3.63) is 16.9 Å². The fourth-order valence-electron chi connectivity index (χ4n) is 4.74. The summed E-state index contributed by atoms with van der Waals surface area (Å²) in [7, 11) is 0. The summed E-state index contributed by atoms with van der Waals surface area (Å²) in [6, 6.07) is 0.175. The van der Waals surface area contributed by atoms with Crippen LogP contribution in [0.2, 0.25) is 0 Å². The zero-order valence-corrected chi connectivity index (χ0v) is 18.1. The number of aromatic nitrogens is 6. The van der Waals surface area contributed by atoms with Crippen LogP contribution in [0.25, 0.3) is 22.8 Å². The molecule has 0 aliphatic heterocycles. The minimum Gasteiger partial charge on any atom is -0.365 e. The molecule has 0 radical (unpaired) electrons. The van der Waals surface area contributed by atoms with E-state index in [0.29, 0.717) is 35.9 Å². The molecule has 0 amide bonds. The first-order valence-corrected chi connectivity index (χ1v) is 11.2. The van der Waals surface area contributed by atoms with Crippen LogP contribution in [0.4, 0.5) is 14.6 Å². The summed E-state index contributed by atoms with van der Waals surface area (Å²) in [6.07, 6.45) is 6.28. The van der Waals surface area contributed by atoms with Crippen LogP contribution in [0.15, 0.2) is 15.6 Å². The maximum absolute atomic E-state index is 14.3. The molecule has 5 rings (SSSR count). The molecule has 2 fully saturated rings. The molecule has 2 unspecified atom stereocenters. The summed E-state index contributed by atoms with van der Waals surface area (Å²) in [6.45, 7) is 4.16. The molecule has 172 valence electrons. The predicted molar refractivity (Wildman–Crippen MR) is 113 cm³/mol. The minimum atomic E-state index is -2.65. The van der Waals surface area contributed by atoms with Crippen molar-refractivity contribution < 1.29 is 13.3 Å². The van der Waals surface area contributed by atoms with Crippen molar-refractivity contribution in [3.63, 3.8) is 0 Å². The van der Waals surface area contributed by atoms with Crippen LogP contribution in [0.3, 0.4) is 0 Å². The molecule has 2 aliphatic rings. The average molecular weight is 447 g/mol. The van der Waals surface area contributed by atoms with E-state index >= 15 is 0 Å². The lowest BCUT2D eigenvalue weighted by molar-refractivity contribution is -0.0970. The predicted octanol–water partition coefficient (Wildman–Crippen LogP) is 3.84. The molecular formula is C21H27F2N7O2. The fraction of sp³-hybridized carbons (Fsp3) is 0.667. The van der Waals surface area contributed by atoms with Crippen molar-refractivity contribution in [1.29, 1.82) is 0 Å². The fourth-order valence-corrected chi connectivity index (χ4v) is 4.74. The van der Waals surface area contributed by atoms with Crippen LogP contribution in [-0.2, 0) is 6.54 Å². The Morgan fingerprint density at radius 1 is 1.31 bits per heavy atom. The summed E-state index contributed by atoms with van der Waals surface area (Å²) in [5.41, 5.74) is 1.09. The molecule has 11 heteroatoms. The van der Waals surface area contributed by atoms with Gasteiger partial charge in [0, 0.05) is 24.9 Å². The van der Waals surface area contributed by atoms with Crippen LogP contribution in [0, 0.1) is 17.8 Å². The first-order valence-electron chi connectivity index (χ1n) is 11.2. The van der Waals surface area contributed by atoms with Crippen LogP contribution < -0.4 is 11.1 Å². The van der Waals surface area contributed by atoms with E-state index in [0.717, 1.165) is 19.3 Å². The third-order valence-electron chi connectivity index (χ3n) is 7.09. The topological polar surface area (TPSA) is 115 Å². The molecule has 3 atom stereocenters. The number of hydrogen-bond acceptors (Lipinski definition) is 7. The summed E-state index contributed by atoms with van der Waals surface area (Å²) in [4.78, 5) is 27.3. The smallest absolute Gasteiger partial charge is 0.365 e. The van der Waals surface area contributed by atoms with Gasteiger partial charge in [-0.25, -0.2) is 28.5 Å². The molecule has 0 aromatic carbocycles. The van der Waals surface area contributed by atoms with Gasteiger partial charge in [0.2, 0.25) is 11.6 Å². The molecule has 0 saturated heterocycles. The van der Waals surface area contributed by atoms with Crippen LogP contribution in [-0.4, -0.2) is 41.6 Å².